The monoisotopic (exact) mass is 463 g/mol. The van der Waals surface area contributed by atoms with Crippen LogP contribution in [0.3, 0.4) is 0 Å². The Morgan fingerprint density at radius 3 is 2.69 bits per heavy atom. The zero-order valence-electron chi connectivity index (χ0n) is 18.0. The predicted molar refractivity (Wildman–Crippen MR) is 136 cm³/mol. The molecule has 0 amide bonds. The second-order valence-electron chi connectivity index (χ2n) is 7.36. The lowest BCUT2D eigenvalue weighted by atomic mass is 10.2. The molecule has 0 fully saturated rings. The Hall–Kier alpha value is -2.64. The minimum absolute atomic E-state index is 0.119. The summed E-state index contributed by atoms with van der Waals surface area (Å²) in [5.41, 5.74) is 3.45. The molecule has 2 aromatic carbocycles. The van der Waals surface area contributed by atoms with Crippen LogP contribution in [0, 0.1) is 0 Å². The Bertz CT molecular complexity index is 1210. The van der Waals surface area contributed by atoms with Crippen LogP contribution in [0.25, 0.3) is 16.3 Å². The number of nitrogens with zero attached hydrogens (tertiary/aromatic N) is 2. The van der Waals surface area contributed by atoms with Gasteiger partial charge in [-0.05, 0) is 31.2 Å². The van der Waals surface area contributed by atoms with E-state index in [1.165, 1.54) is 9.60 Å². The molecule has 0 saturated heterocycles. The first-order valence-corrected chi connectivity index (χ1v) is 12.3. The average Bonchev–Trinajstić information content (AvgIpc) is 3.33. The molecule has 3 aromatic rings. The van der Waals surface area contributed by atoms with E-state index in [0.29, 0.717) is 13.1 Å². The number of β-amino-alcohol motifs (C(OH)–C–C–N with tert-alkyl or cyclic N) is 1. The van der Waals surface area contributed by atoms with E-state index in [1.807, 2.05) is 24.3 Å². The molecule has 1 aliphatic rings. The summed E-state index contributed by atoms with van der Waals surface area (Å²) in [6.45, 7) is 3.49. The van der Waals surface area contributed by atoms with Crippen molar-refractivity contribution < 1.29 is 14.8 Å². The molecule has 0 bridgehead atoms. The van der Waals surface area contributed by atoms with Crippen LogP contribution in [0.15, 0.2) is 94.4 Å². The summed E-state index contributed by atoms with van der Waals surface area (Å²) in [5.74, 6) is 0. The molecule has 0 saturated carbocycles. The first-order valence-electron chi connectivity index (χ1n) is 10.6. The topological polar surface area (TPSA) is 47.6 Å². The second kappa shape index (κ2) is 10.8. The number of rotatable bonds is 8. The van der Waals surface area contributed by atoms with E-state index >= 15 is 0 Å². The fourth-order valence-corrected chi connectivity index (χ4v) is 5.84. The molecule has 1 aliphatic heterocycles. The van der Waals surface area contributed by atoms with Gasteiger partial charge in [-0.3, -0.25) is 0 Å². The second-order valence-corrected chi connectivity index (χ2v) is 9.49. The van der Waals surface area contributed by atoms with Gasteiger partial charge in [-0.2, -0.15) is 4.57 Å². The number of hydrogen-bond acceptors (Lipinski definition) is 5. The number of fused-ring (bicyclic) bond motifs is 2. The van der Waals surface area contributed by atoms with Crippen LogP contribution in [0.4, 0.5) is 5.69 Å². The van der Waals surface area contributed by atoms with Gasteiger partial charge in [0.05, 0.1) is 17.3 Å². The highest BCUT2D eigenvalue weighted by atomic mass is 32.2. The predicted octanol–water partition coefficient (Wildman–Crippen LogP) is 5.14. The number of allylic oxidation sites excluding steroid dienone is 6. The Morgan fingerprint density at radius 2 is 1.84 bits per heavy atom. The van der Waals surface area contributed by atoms with Gasteiger partial charge < -0.3 is 15.1 Å². The van der Waals surface area contributed by atoms with Crippen LogP contribution in [0.1, 0.15) is 11.9 Å². The van der Waals surface area contributed by atoms with Crippen LogP contribution in [-0.2, 0) is 6.54 Å². The summed E-state index contributed by atoms with van der Waals surface area (Å²) in [7, 11) is 0. The standard InChI is InChI=1S/C26H27N2O2S2/c1-20(8-6-14-25-27(16-18-29)21-10-2-4-12-23(21)31-25)9-7-15-26-28(17-19-30)22-11-3-5-13-24(22)32-26/h2-15,29-30H,16-19H2,1H3/q+1. The molecule has 164 valence electrons. The fourth-order valence-electron chi connectivity index (χ4n) is 3.64. The number of para-hydroxylation sites is 2. The van der Waals surface area contributed by atoms with Crippen molar-refractivity contribution in [1.82, 2.24) is 0 Å². The van der Waals surface area contributed by atoms with Gasteiger partial charge in [-0.15, -0.1) is 0 Å². The summed E-state index contributed by atoms with van der Waals surface area (Å²) in [5, 5.41) is 21.1. The summed E-state index contributed by atoms with van der Waals surface area (Å²) in [6, 6.07) is 16.6. The van der Waals surface area contributed by atoms with Gasteiger partial charge in [0.1, 0.15) is 11.3 Å². The molecule has 0 unspecified atom stereocenters. The maximum Gasteiger partial charge on any atom is 0.262 e. The maximum atomic E-state index is 9.45. The highest BCUT2D eigenvalue weighted by Crippen LogP contribution is 2.45. The molecule has 1 aromatic heterocycles. The van der Waals surface area contributed by atoms with E-state index in [0.717, 1.165) is 26.8 Å². The highest BCUT2D eigenvalue weighted by Gasteiger charge is 2.23. The van der Waals surface area contributed by atoms with Crippen LogP contribution in [0.2, 0.25) is 0 Å². The van der Waals surface area contributed by atoms with Gasteiger partial charge in [0.25, 0.3) is 5.01 Å². The lowest BCUT2D eigenvalue weighted by Gasteiger charge is -2.18. The van der Waals surface area contributed by atoms with Crippen molar-refractivity contribution in [2.45, 2.75) is 18.4 Å². The molecule has 4 nitrogen and oxygen atoms in total. The fraction of sp³-hybridized carbons (Fsp3) is 0.192. The lowest BCUT2D eigenvalue weighted by Crippen LogP contribution is -2.36. The number of thioether (sulfide) groups is 1. The third-order valence-corrected chi connectivity index (χ3v) is 7.38. The number of hydrogen-bond donors (Lipinski definition) is 2. The third kappa shape index (κ3) is 5.05. The SMILES string of the molecule is CC(/C=C/C=C1\Sc2ccccc2N1CCO)=C\C=C\c1sc2ccccc2[n+]1CCO. The number of aromatic nitrogens is 1. The minimum atomic E-state index is 0.119. The van der Waals surface area contributed by atoms with E-state index in [-0.39, 0.29) is 13.2 Å². The summed E-state index contributed by atoms with van der Waals surface area (Å²) in [6.07, 6.45) is 12.5. The first kappa shape index (κ1) is 22.6. The molecule has 0 atom stereocenters. The van der Waals surface area contributed by atoms with Crippen LogP contribution in [0.5, 0.6) is 0 Å². The molecule has 4 rings (SSSR count). The van der Waals surface area contributed by atoms with E-state index < -0.39 is 0 Å². The van der Waals surface area contributed by atoms with E-state index in [4.69, 9.17) is 0 Å². The lowest BCUT2D eigenvalue weighted by molar-refractivity contribution is -0.670. The maximum absolute atomic E-state index is 9.45. The van der Waals surface area contributed by atoms with Crippen molar-refractivity contribution >= 4 is 45.1 Å². The number of thiazole rings is 1. The molecular weight excluding hydrogens is 436 g/mol. The van der Waals surface area contributed by atoms with E-state index in [2.05, 4.69) is 77.1 Å². The highest BCUT2D eigenvalue weighted by molar-refractivity contribution is 8.03. The molecule has 2 N–H and O–H groups in total. The number of aliphatic hydroxyl groups excluding tert-OH is 2. The summed E-state index contributed by atoms with van der Waals surface area (Å²) < 4.78 is 3.38. The molecule has 32 heavy (non-hydrogen) atoms. The quantitative estimate of drug-likeness (QED) is 0.359. The number of benzene rings is 2. The molecule has 2 heterocycles. The van der Waals surface area contributed by atoms with Gasteiger partial charge in [0.15, 0.2) is 6.54 Å². The van der Waals surface area contributed by atoms with E-state index in [9.17, 15) is 10.2 Å². The van der Waals surface area contributed by atoms with Gasteiger partial charge in [-0.1, -0.05) is 77.2 Å². The molecule has 0 radical (unpaired) electrons. The van der Waals surface area contributed by atoms with Gasteiger partial charge in [0, 0.05) is 23.6 Å². The molecule has 0 aliphatic carbocycles. The van der Waals surface area contributed by atoms with Crippen LogP contribution < -0.4 is 9.47 Å². The smallest absolute Gasteiger partial charge is 0.262 e. The van der Waals surface area contributed by atoms with E-state index in [1.54, 1.807) is 23.1 Å². The van der Waals surface area contributed by atoms with Crippen molar-refractivity contribution in [1.29, 1.82) is 0 Å². The van der Waals surface area contributed by atoms with Crippen LogP contribution in [-0.4, -0.2) is 30.0 Å². The Balaban J connectivity index is 1.47. The molecular formula is C26H27N2O2S2+. The Labute approximate surface area is 197 Å². The summed E-state index contributed by atoms with van der Waals surface area (Å²) >= 11 is 3.46. The minimum Gasteiger partial charge on any atom is -0.395 e. The normalized spacial score (nSPS) is 15.7. The van der Waals surface area contributed by atoms with Crippen LogP contribution >= 0.6 is 23.1 Å². The molecule has 0 spiro atoms. The van der Waals surface area contributed by atoms with Crippen molar-refractivity contribution in [3.63, 3.8) is 0 Å². The van der Waals surface area contributed by atoms with Crippen molar-refractivity contribution in [3.8, 4) is 0 Å². The van der Waals surface area contributed by atoms with Crippen molar-refractivity contribution in [3.05, 3.63) is 94.5 Å². The Kier molecular flexibility index (Phi) is 7.60. The Morgan fingerprint density at radius 1 is 1.03 bits per heavy atom. The van der Waals surface area contributed by atoms with Gasteiger partial charge in [0.2, 0.25) is 5.52 Å². The first-order chi connectivity index (χ1) is 15.7. The van der Waals surface area contributed by atoms with Gasteiger partial charge >= 0.3 is 0 Å². The van der Waals surface area contributed by atoms with Gasteiger partial charge in [-0.25, -0.2) is 0 Å². The molecule has 6 heteroatoms. The zero-order valence-corrected chi connectivity index (χ0v) is 19.6. The largest absolute Gasteiger partial charge is 0.395 e. The number of anilines is 1. The van der Waals surface area contributed by atoms with Crippen molar-refractivity contribution in [2.24, 2.45) is 0 Å². The zero-order chi connectivity index (χ0) is 22.3. The van der Waals surface area contributed by atoms with Crippen molar-refractivity contribution in [2.75, 3.05) is 24.7 Å². The summed E-state index contributed by atoms with van der Waals surface area (Å²) in [4.78, 5) is 3.38. The average molecular weight is 464 g/mol. The number of aliphatic hydroxyl groups is 2. The third-order valence-electron chi connectivity index (χ3n) is 5.12.